The molecule has 0 amide bonds. The van der Waals surface area contributed by atoms with Crippen LogP contribution in [0, 0.1) is 0 Å². The molecule has 1 unspecified atom stereocenters. The van der Waals surface area contributed by atoms with Crippen LogP contribution < -0.4 is 9.47 Å². The maximum Gasteiger partial charge on any atom is 0.241 e. The molecule has 1 heterocycles. The van der Waals surface area contributed by atoms with E-state index in [1.807, 2.05) is 18.2 Å². The molecule has 0 bridgehead atoms. The second-order valence-corrected chi connectivity index (χ2v) is 5.11. The highest BCUT2D eigenvalue weighted by molar-refractivity contribution is 5.40. The number of nitrogens with zero attached hydrogens (tertiary/aromatic N) is 2. The number of hydrogen-bond acceptors (Lipinski definition) is 5. The van der Waals surface area contributed by atoms with Crippen molar-refractivity contribution in [2.75, 3.05) is 14.2 Å². The van der Waals surface area contributed by atoms with Gasteiger partial charge in [0.25, 0.3) is 0 Å². The zero-order chi connectivity index (χ0) is 14.8. The summed E-state index contributed by atoms with van der Waals surface area (Å²) in [5.74, 6) is 1.19. The Balaban J connectivity index is 2.00. The van der Waals surface area contributed by atoms with E-state index in [4.69, 9.17) is 9.47 Å². The van der Waals surface area contributed by atoms with Crippen molar-refractivity contribution in [3.8, 4) is 11.8 Å². The molecule has 1 aromatic carbocycles. The van der Waals surface area contributed by atoms with Crippen LogP contribution in [-0.2, 0) is 0 Å². The van der Waals surface area contributed by atoms with Crippen molar-refractivity contribution < 1.29 is 14.6 Å². The normalized spacial score (nSPS) is 15.6. The number of aliphatic hydroxyl groups excluding tert-OH is 1. The van der Waals surface area contributed by atoms with E-state index >= 15 is 0 Å². The topological polar surface area (TPSA) is 64.5 Å². The molecule has 5 nitrogen and oxygen atoms in total. The maximum absolute atomic E-state index is 10.7. The van der Waals surface area contributed by atoms with Gasteiger partial charge in [-0.1, -0.05) is 24.3 Å². The molecule has 0 spiro atoms. The second-order valence-electron chi connectivity index (χ2n) is 5.11. The van der Waals surface area contributed by atoms with Crippen molar-refractivity contribution in [2.24, 2.45) is 0 Å². The highest BCUT2D eigenvalue weighted by Crippen LogP contribution is 2.44. The Labute approximate surface area is 123 Å². The molecule has 5 heteroatoms. The first kappa shape index (κ1) is 13.8. The average Bonchev–Trinajstić information content (AvgIpc) is 3.38. The van der Waals surface area contributed by atoms with E-state index in [1.54, 1.807) is 0 Å². The van der Waals surface area contributed by atoms with E-state index in [2.05, 4.69) is 16.0 Å². The summed E-state index contributed by atoms with van der Waals surface area (Å²) in [7, 11) is 3.02. The minimum atomic E-state index is -0.852. The third-order valence-electron chi connectivity index (χ3n) is 3.71. The van der Waals surface area contributed by atoms with E-state index in [-0.39, 0.29) is 5.88 Å². The van der Waals surface area contributed by atoms with E-state index in [9.17, 15) is 5.11 Å². The standard InChI is InChI=1S/C16H18N2O3/c1-20-13-9-17-14(16(18-13)21-2)15(19)12-6-4-3-5-11(12)10-7-8-10/h3-6,9-10,15,19H,7-8H2,1-2H3. The van der Waals surface area contributed by atoms with Gasteiger partial charge in [-0.25, -0.2) is 4.98 Å². The lowest BCUT2D eigenvalue weighted by Gasteiger charge is -2.17. The first-order valence-corrected chi connectivity index (χ1v) is 6.96. The summed E-state index contributed by atoms with van der Waals surface area (Å²) in [5, 5.41) is 10.7. The van der Waals surface area contributed by atoms with Gasteiger partial charge in [0.2, 0.25) is 11.8 Å². The fourth-order valence-corrected chi connectivity index (χ4v) is 2.48. The second kappa shape index (κ2) is 5.69. The van der Waals surface area contributed by atoms with Gasteiger partial charge in [-0.05, 0) is 29.9 Å². The van der Waals surface area contributed by atoms with Gasteiger partial charge in [0.1, 0.15) is 11.8 Å². The van der Waals surface area contributed by atoms with Gasteiger partial charge in [0, 0.05) is 0 Å². The average molecular weight is 286 g/mol. The van der Waals surface area contributed by atoms with E-state index in [0.29, 0.717) is 17.5 Å². The predicted octanol–water partition coefficient (Wildman–Crippen LogP) is 2.45. The van der Waals surface area contributed by atoms with Gasteiger partial charge in [0.15, 0.2) is 0 Å². The van der Waals surface area contributed by atoms with Crippen LogP contribution >= 0.6 is 0 Å². The van der Waals surface area contributed by atoms with Gasteiger partial charge in [-0.2, -0.15) is 4.98 Å². The molecule has 1 aliphatic carbocycles. The summed E-state index contributed by atoms with van der Waals surface area (Å²) in [6, 6.07) is 7.93. The first-order valence-electron chi connectivity index (χ1n) is 6.96. The molecule has 21 heavy (non-hydrogen) atoms. The number of ether oxygens (including phenoxy) is 2. The molecule has 0 aliphatic heterocycles. The molecule has 110 valence electrons. The number of methoxy groups -OCH3 is 2. The molecule has 2 aromatic rings. The number of rotatable bonds is 5. The lowest BCUT2D eigenvalue weighted by Crippen LogP contribution is -2.09. The Morgan fingerprint density at radius 2 is 1.95 bits per heavy atom. The fraction of sp³-hybridized carbons (Fsp3) is 0.375. The van der Waals surface area contributed by atoms with Crippen LogP contribution in [0.1, 0.15) is 41.7 Å². The highest BCUT2D eigenvalue weighted by atomic mass is 16.5. The predicted molar refractivity (Wildman–Crippen MR) is 77.6 cm³/mol. The Bertz CT molecular complexity index is 641. The van der Waals surface area contributed by atoms with Crippen molar-refractivity contribution in [3.05, 3.63) is 47.3 Å². The Hall–Kier alpha value is -2.14. The zero-order valence-corrected chi connectivity index (χ0v) is 12.1. The molecule has 1 saturated carbocycles. The van der Waals surface area contributed by atoms with Crippen LogP contribution in [-0.4, -0.2) is 29.3 Å². The smallest absolute Gasteiger partial charge is 0.241 e. The molecule has 1 fully saturated rings. The number of aromatic nitrogens is 2. The molecule has 1 atom stereocenters. The molecule has 1 aliphatic rings. The van der Waals surface area contributed by atoms with Crippen molar-refractivity contribution >= 4 is 0 Å². The van der Waals surface area contributed by atoms with Crippen LogP contribution in [0.5, 0.6) is 11.8 Å². The van der Waals surface area contributed by atoms with Crippen LogP contribution in [0.15, 0.2) is 30.5 Å². The summed E-state index contributed by atoms with van der Waals surface area (Å²) in [5.41, 5.74) is 2.47. The Morgan fingerprint density at radius 3 is 2.62 bits per heavy atom. The molecular formula is C16H18N2O3. The minimum Gasteiger partial charge on any atom is -0.480 e. The molecule has 0 saturated heterocycles. The highest BCUT2D eigenvalue weighted by Gasteiger charge is 2.29. The van der Waals surface area contributed by atoms with Gasteiger partial charge < -0.3 is 14.6 Å². The number of benzene rings is 1. The lowest BCUT2D eigenvalue weighted by atomic mass is 9.97. The zero-order valence-electron chi connectivity index (χ0n) is 12.1. The van der Waals surface area contributed by atoms with Crippen LogP contribution in [0.25, 0.3) is 0 Å². The largest absolute Gasteiger partial charge is 0.480 e. The molecule has 1 aromatic heterocycles. The van der Waals surface area contributed by atoms with E-state index in [0.717, 1.165) is 5.56 Å². The van der Waals surface area contributed by atoms with Gasteiger partial charge in [0.05, 0.1) is 20.4 Å². The third kappa shape index (κ3) is 2.69. The van der Waals surface area contributed by atoms with Crippen molar-refractivity contribution in [3.63, 3.8) is 0 Å². The summed E-state index contributed by atoms with van der Waals surface area (Å²) in [6.07, 6.45) is 2.99. The summed E-state index contributed by atoms with van der Waals surface area (Å²) in [4.78, 5) is 8.43. The quantitative estimate of drug-likeness (QED) is 0.914. The summed E-state index contributed by atoms with van der Waals surface area (Å²) >= 11 is 0. The van der Waals surface area contributed by atoms with Gasteiger partial charge in [-0.3, -0.25) is 0 Å². The SMILES string of the molecule is COc1cnc(C(O)c2ccccc2C2CC2)c(OC)n1. The number of aliphatic hydroxyl groups is 1. The van der Waals surface area contributed by atoms with Crippen molar-refractivity contribution in [2.45, 2.75) is 24.9 Å². The molecule has 1 N–H and O–H groups in total. The van der Waals surface area contributed by atoms with E-state index in [1.165, 1.54) is 38.8 Å². The molecular weight excluding hydrogens is 268 g/mol. The number of hydrogen-bond donors (Lipinski definition) is 1. The van der Waals surface area contributed by atoms with Crippen molar-refractivity contribution in [1.29, 1.82) is 0 Å². The monoisotopic (exact) mass is 286 g/mol. The van der Waals surface area contributed by atoms with Crippen molar-refractivity contribution in [1.82, 2.24) is 9.97 Å². The minimum absolute atomic E-state index is 0.285. The lowest BCUT2D eigenvalue weighted by molar-refractivity contribution is 0.205. The fourth-order valence-electron chi connectivity index (χ4n) is 2.48. The first-order chi connectivity index (χ1) is 10.2. The third-order valence-corrected chi connectivity index (χ3v) is 3.71. The van der Waals surface area contributed by atoms with Crippen LogP contribution in [0.3, 0.4) is 0 Å². The van der Waals surface area contributed by atoms with Crippen LogP contribution in [0.2, 0.25) is 0 Å². The molecule has 3 rings (SSSR count). The van der Waals surface area contributed by atoms with E-state index < -0.39 is 6.10 Å². The Morgan fingerprint density at radius 1 is 1.19 bits per heavy atom. The molecule has 0 radical (unpaired) electrons. The van der Waals surface area contributed by atoms with Gasteiger partial charge >= 0.3 is 0 Å². The van der Waals surface area contributed by atoms with Gasteiger partial charge in [-0.15, -0.1) is 0 Å². The maximum atomic E-state index is 10.7. The van der Waals surface area contributed by atoms with Crippen LogP contribution in [0.4, 0.5) is 0 Å². The summed E-state index contributed by atoms with van der Waals surface area (Å²) in [6.45, 7) is 0. The summed E-state index contributed by atoms with van der Waals surface area (Å²) < 4.78 is 10.3. The Kier molecular flexibility index (Phi) is 3.75.